The minimum absolute atomic E-state index is 0.0610. The molecular formula is C27H33NO6. The third-order valence-electron chi connectivity index (χ3n) is 5.72. The van der Waals surface area contributed by atoms with Crippen LogP contribution < -0.4 is 9.47 Å². The lowest BCUT2D eigenvalue weighted by Gasteiger charge is -2.25. The van der Waals surface area contributed by atoms with E-state index in [2.05, 4.69) is 13.8 Å². The van der Waals surface area contributed by atoms with Crippen LogP contribution in [0.1, 0.15) is 43.0 Å². The van der Waals surface area contributed by atoms with Gasteiger partial charge in [0.05, 0.1) is 25.3 Å². The highest BCUT2D eigenvalue weighted by atomic mass is 16.5. The van der Waals surface area contributed by atoms with Crippen molar-refractivity contribution in [2.45, 2.75) is 33.2 Å². The van der Waals surface area contributed by atoms with Gasteiger partial charge in [-0.05, 0) is 60.7 Å². The molecule has 1 heterocycles. The highest BCUT2D eigenvalue weighted by molar-refractivity contribution is 6.46. The van der Waals surface area contributed by atoms with E-state index in [9.17, 15) is 14.7 Å². The van der Waals surface area contributed by atoms with Gasteiger partial charge in [-0.1, -0.05) is 26.0 Å². The first-order valence-corrected chi connectivity index (χ1v) is 11.4. The zero-order valence-corrected chi connectivity index (χ0v) is 20.5. The Bertz CT molecular complexity index is 1070. The first-order valence-electron chi connectivity index (χ1n) is 11.4. The number of nitrogens with zero attached hydrogens (tertiary/aromatic N) is 1. The predicted octanol–water partition coefficient (Wildman–Crippen LogP) is 4.50. The number of aliphatic hydroxyl groups excluding tert-OH is 1. The number of carbonyl (C=O) groups is 2. The van der Waals surface area contributed by atoms with Gasteiger partial charge in [0.15, 0.2) is 0 Å². The van der Waals surface area contributed by atoms with E-state index >= 15 is 0 Å². The summed E-state index contributed by atoms with van der Waals surface area (Å²) in [7, 11) is 3.14. The Labute approximate surface area is 200 Å². The number of ketones is 1. The summed E-state index contributed by atoms with van der Waals surface area (Å²) in [6.45, 7) is 7.37. The Morgan fingerprint density at radius 3 is 2.53 bits per heavy atom. The van der Waals surface area contributed by atoms with Crippen molar-refractivity contribution < 1.29 is 28.9 Å². The van der Waals surface area contributed by atoms with Gasteiger partial charge in [0.2, 0.25) is 0 Å². The zero-order valence-electron chi connectivity index (χ0n) is 20.5. The lowest BCUT2D eigenvalue weighted by molar-refractivity contribution is -0.140. The second-order valence-electron chi connectivity index (χ2n) is 8.80. The number of aliphatic hydroxyl groups is 1. The van der Waals surface area contributed by atoms with Crippen LogP contribution in [-0.2, 0) is 14.3 Å². The molecule has 0 bridgehead atoms. The van der Waals surface area contributed by atoms with E-state index < -0.39 is 17.7 Å². The monoisotopic (exact) mass is 467 g/mol. The van der Waals surface area contributed by atoms with Crippen molar-refractivity contribution in [3.63, 3.8) is 0 Å². The Balaban J connectivity index is 2.07. The minimum atomic E-state index is -0.732. The van der Waals surface area contributed by atoms with E-state index in [1.165, 1.54) is 4.90 Å². The first-order chi connectivity index (χ1) is 16.3. The summed E-state index contributed by atoms with van der Waals surface area (Å²) in [5, 5.41) is 11.3. The SMILES string of the molecule is COCCCN1C(=O)C(=O)/C(=C(\O)c2ccc(OCC(C)C)c(C)c2)C1c1cccc(OC)c1. The lowest BCUT2D eigenvalue weighted by atomic mass is 9.94. The van der Waals surface area contributed by atoms with Crippen molar-refractivity contribution in [3.05, 3.63) is 64.7 Å². The predicted molar refractivity (Wildman–Crippen MR) is 130 cm³/mol. The van der Waals surface area contributed by atoms with Gasteiger partial charge in [-0.2, -0.15) is 0 Å². The number of hydrogen-bond acceptors (Lipinski definition) is 6. The van der Waals surface area contributed by atoms with Crippen LogP contribution in [0.3, 0.4) is 0 Å². The molecule has 0 saturated carbocycles. The fourth-order valence-corrected chi connectivity index (χ4v) is 4.02. The van der Waals surface area contributed by atoms with Crippen molar-refractivity contribution in [2.24, 2.45) is 5.92 Å². The van der Waals surface area contributed by atoms with Crippen molar-refractivity contribution in [3.8, 4) is 11.5 Å². The average molecular weight is 468 g/mol. The average Bonchev–Trinajstić information content (AvgIpc) is 3.08. The summed E-state index contributed by atoms with van der Waals surface area (Å²) >= 11 is 0. The number of benzene rings is 2. The van der Waals surface area contributed by atoms with Crippen molar-refractivity contribution in [1.82, 2.24) is 4.90 Å². The van der Waals surface area contributed by atoms with Gasteiger partial charge in [-0.25, -0.2) is 0 Å². The third kappa shape index (κ3) is 5.42. The maximum atomic E-state index is 13.1. The van der Waals surface area contributed by atoms with Gasteiger partial charge >= 0.3 is 0 Å². The van der Waals surface area contributed by atoms with E-state index in [1.807, 2.05) is 13.0 Å². The highest BCUT2D eigenvalue weighted by Gasteiger charge is 2.45. The lowest BCUT2D eigenvalue weighted by Crippen LogP contribution is -2.31. The van der Waals surface area contributed by atoms with Crippen molar-refractivity contribution in [1.29, 1.82) is 0 Å². The summed E-state index contributed by atoms with van der Waals surface area (Å²) in [5.41, 5.74) is 2.03. The van der Waals surface area contributed by atoms with Gasteiger partial charge in [0, 0.05) is 25.8 Å². The summed E-state index contributed by atoms with van der Waals surface area (Å²) in [4.78, 5) is 27.6. The summed E-state index contributed by atoms with van der Waals surface area (Å²) in [5.74, 6) is 0.139. The number of amides is 1. The molecule has 3 rings (SSSR count). The van der Waals surface area contributed by atoms with Gasteiger partial charge in [-0.15, -0.1) is 0 Å². The number of methoxy groups -OCH3 is 2. The van der Waals surface area contributed by atoms with Gasteiger partial charge in [0.25, 0.3) is 11.7 Å². The number of Topliss-reactive ketones (excluding diaryl/α,β-unsaturated/α-hetero) is 1. The third-order valence-corrected chi connectivity index (χ3v) is 5.72. The Morgan fingerprint density at radius 1 is 1.12 bits per heavy atom. The molecule has 0 spiro atoms. The van der Waals surface area contributed by atoms with Crippen LogP contribution in [0.2, 0.25) is 0 Å². The van der Waals surface area contributed by atoms with E-state index in [0.717, 1.165) is 11.3 Å². The molecular weight excluding hydrogens is 434 g/mol. The van der Waals surface area contributed by atoms with Crippen LogP contribution in [0.15, 0.2) is 48.0 Å². The molecule has 1 amide bonds. The summed E-state index contributed by atoms with van der Waals surface area (Å²) in [6.07, 6.45) is 0.561. The maximum Gasteiger partial charge on any atom is 0.295 e. The van der Waals surface area contributed by atoms with Crippen molar-refractivity contribution >= 4 is 17.4 Å². The molecule has 0 radical (unpaired) electrons. The standard InChI is InChI=1S/C27H33NO6/c1-17(2)16-34-22-11-10-20(14-18(22)3)25(29)23-24(19-8-6-9-21(15-19)33-5)28(12-7-13-32-4)27(31)26(23)30/h6,8-11,14-15,17,24,29H,7,12-13,16H2,1-5H3/b25-23-. The van der Waals surface area contributed by atoms with Crippen LogP contribution >= 0.6 is 0 Å². The molecule has 1 unspecified atom stereocenters. The molecule has 0 aliphatic carbocycles. The molecule has 1 fully saturated rings. The number of rotatable bonds is 10. The number of hydrogen-bond donors (Lipinski definition) is 1. The number of carbonyl (C=O) groups excluding carboxylic acids is 2. The summed E-state index contributed by atoms with van der Waals surface area (Å²) < 4.78 is 16.3. The minimum Gasteiger partial charge on any atom is -0.507 e. The van der Waals surface area contributed by atoms with E-state index in [4.69, 9.17) is 14.2 Å². The van der Waals surface area contributed by atoms with Crippen LogP contribution in [-0.4, -0.2) is 55.7 Å². The van der Waals surface area contributed by atoms with E-state index in [-0.39, 0.29) is 11.3 Å². The second kappa shape index (κ2) is 11.2. The molecule has 1 atom stereocenters. The van der Waals surface area contributed by atoms with Crippen LogP contribution in [0.4, 0.5) is 0 Å². The molecule has 182 valence electrons. The highest BCUT2D eigenvalue weighted by Crippen LogP contribution is 2.40. The molecule has 2 aromatic carbocycles. The van der Waals surface area contributed by atoms with Crippen LogP contribution in [0.25, 0.3) is 5.76 Å². The van der Waals surface area contributed by atoms with Gasteiger partial charge in [0.1, 0.15) is 17.3 Å². The fraction of sp³-hybridized carbons (Fsp3) is 0.407. The molecule has 7 heteroatoms. The molecule has 0 aromatic heterocycles. The van der Waals surface area contributed by atoms with Crippen molar-refractivity contribution in [2.75, 3.05) is 34.0 Å². The number of aryl methyl sites for hydroxylation is 1. The largest absolute Gasteiger partial charge is 0.507 e. The molecule has 2 aromatic rings. The quantitative estimate of drug-likeness (QED) is 0.240. The maximum absolute atomic E-state index is 13.1. The van der Waals surface area contributed by atoms with E-state index in [1.54, 1.807) is 50.6 Å². The van der Waals surface area contributed by atoms with E-state index in [0.29, 0.717) is 49.0 Å². The van der Waals surface area contributed by atoms with Crippen LogP contribution in [0.5, 0.6) is 11.5 Å². The Hall–Kier alpha value is -3.32. The summed E-state index contributed by atoms with van der Waals surface area (Å²) in [6, 6.07) is 11.7. The van der Waals surface area contributed by atoms with Gasteiger partial charge < -0.3 is 24.2 Å². The second-order valence-corrected chi connectivity index (χ2v) is 8.80. The van der Waals surface area contributed by atoms with Crippen LogP contribution in [0, 0.1) is 12.8 Å². The molecule has 1 N–H and O–H groups in total. The normalized spacial score (nSPS) is 17.5. The number of likely N-dealkylation sites (tertiary alicyclic amines) is 1. The Kier molecular flexibility index (Phi) is 8.34. The zero-order chi connectivity index (χ0) is 24.8. The first kappa shape index (κ1) is 25.3. The topological polar surface area (TPSA) is 85.3 Å². The number of ether oxygens (including phenoxy) is 3. The fourth-order valence-electron chi connectivity index (χ4n) is 4.02. The van der Waals surface area contributed by atoms with Gasteiger partial charge in [-0.3, -0.25) is 9.59 Å². The molecule has 1 aliphatic rings. The Morgan fingerprint density at radius 2 is 1.88 bits per heavy atom. The molecule has 34 heavy (non-hydrogen) atoms. The molecule has 1 aliphatic heterocycles. The smallest absolute Gasteiger partial charge is 0.295 e. The molecule has 7 nitrogen and oxygen atoms in total. The molecule has 1 saturated heterocycles.